The van der Waals surface area contributed by atoms with Crippen LogP contribution in [0.15, 0.2) is 36.5 Å². The zero-order valence-electron chi connectivity index (χ0n) is 13.7. The Kier molecular flexibility index (Phi) is 5.95. The zero-order chi connectivity index (χ0) is 17.5. The molecule has 1 atom stereocenters. The number of anilines is 1. The average Bonchev–Trinajstić information content (AvgIpc) is 2.93. The van der Waals surface area contributed by atoms with E-state index in [4.69, 9.17) is 9.84 Å². The van der Waals surface area contributed by atoms with Gasteiger partial charge in [-0.3, -0.25) is 14.3 Å². The molecule has 128 valence electrons. The molecule has 2 rings (SSSR count). The van der Waals surface area contributed by atoms with Crippen molar-refractivity contribution in [2.75, 3.05) is 12.4 Å². The Morgan fingerprint density at radius 2 is 2.08 bits per heavy atom. The molecule has 0 saturated carbocycles. The number of hydrogen-bond donors (Lipinski definition) is 2. The van der Waals surface area contributed by atoms with Gasteiger partial charge in [0, 0.05) is 18.7 Å². The Morgan fingerprint density at radius 1 is 1.33 bits per heavy atom. The summed E-state index contributed by atoms with van der Waals surface area (Å²) in [5, 5.41) is 15.4. The van der Waals surface area contributed by atoms with Crippen LogP contribution in [-0.2, 0) is 22.6 Å². The maximum atomic E-state index is 12.1. The van der Waals surface area contributed by atoms with Crippen molar-refractivity contribution in [3.8, 4) is 5.75 Å². The van der Waals surface area contributed by atoms with Crippen molar-refractivity contribution in [2.45, 2.75) is 26.3 Å². The first kappa shape index (κ1) is 17.5. The summed E-state index contributed by atoms with van der Waals surface area (Å²) in [7, 11) is 1.63. The lowest BCUT2D eigenvalue weighted by Gasteiger charge is -2.13. The molecular weight excluding hydrogens is 310 g/mol. The minimum Gasteiger partial charge on any atom is -0.496 e. The van der Waals surface area contributed by atoms with Crippen molar-refractivity contribution in [1.82, 2.24) is 9.78 Å². The summed E-state index contributed by atoms with van der Waals surface area (Å²) in [6, 6.07) is 9.32. The topological polar surface area (TPSA) is 93.5 Å². The third-order valence-corrected chi connectivity index (χ3v) is 3.50. The van der Waals surface area contributed by atoms with Gasteiger partial charge >= 0.3 is 5.97 Å². The summed E-state index contributed by atoms with van der Waals surface area (Å²) in [4.78, 5) is 22.7. The van der Waals surface area contributed by atoms with E-state index in [9.17, 15) is 9.59 Å². The van der Waals surface area contributed by atoms with Gasteiger partial charge in [-0.25, -0.2) is 0 Å². The van der Waals surface area contributed by atoms with Crippen molar-refractivity contribution in [3.05, 3.63) is 42.1 Å². The molecule has 0 aliphatic carbocycles. The number of ether oxygens (including phenoxy) is 1. The Balaban J connectivity index is 1.87. The normalized spacial score (nSPS) is 11.8. The predicted octanol–water partition coefficient (Wildman–Crippen LogP) is 2.18. The standard InChI is InChI=1S/C17H21N3O4/c1-12(9-13-5-3-4-6-14(13)24-2)10-16(21)18-15-7-8-20(19-15)11-17(22)23/h3-8,12H,9-11H2,1-2H3,(H,22,23)(H,18,19,21). The van der Waals surface area contributed by atoms with Gasteiger partial charge in [-0.05, 0) is 24.0 Å². The number of carbonyl (C=O) groups is 2. The number of rotatable bonds is 8. The van der Waals surface area contributed by atoms with Crippen LogP contribution in [0.2, 0.25) is 0 Å². The summed E-state index contributed by atoms with van der Waals surface area (Å²) in [5.41, 5.74) is 1.06. The Labute approximate surface area is 140 Å². The van der Waals surface area contributed by atoms with Crippen LogP contribution in [0.1, 0.15) is 18.9 Å². The smallest absolute Gasteiger partial charge is 0.325 e. The van der Waals surface area contributed by atoms with Crippen LogP contribution in [-0.4, -0.2) is 33.9 Å². The molecule has 0 radical (unpaired) electrons. The first-order valence-electron chi connectivity index (χ1n) is 7.65. The van der Waals surface area contributed by atoms with E-state index in [1.54, 1.807) is 13.2 Å². The number of hydrogen-bond acceptors (Lipinski definition) is 4. The van der Waals surface area contributed by atoms with Crippen LogP contribution in [0.4, 0.5) is 5.82 Å². The molecule has 7 nitrogen and oxygen atoms in total. The van der Waals surface area contributed by atoms with E-state index in [0.717, 1.165) is 17.7 Å². The lowest BCUT2D eigenvalue weighted by Crippen LogP contribution is -2.17. The molecule has 2 aromatic rings. The van der Waals surface area contributed by atoms with Crippen LogP contribution >= 0.6 is 0 Å². The first-order chi connectivity index (χ1) is 11.5. The second-order valence-corrected chi connectivity index (χ2v) is 5.67. The number of benzene rings is 1. The lowest BCUT2D eigenvalue weighted by molar-refractivity contribution is -0.137. The van der Waals surface area contributed by atoms with Crippen molar-refractivity contribution in [1.29, 1.82) is 0 Å². The van der Waals surface area contributed by atoms with Crippen LogP contribution in [0.25, 0.3) is 0 Å². The van der Waals surface area contributed by atoms with Gasteiger partial charge in [0.25, 0.3) is 0 Å². The molecule has 1 aromatic carbocycles. The monoisotopic (exact) mass is 331 g/mol. The largest absolute Gasteiger partial charge is 0.496 e. The molecule has 1 unspecified atom stereocenters. The highest BCUT2D eigenvalue weighted by atomic mass is 16.5. The number of methoxy groups -OCH3 is 1. The molecule has 1 amide bonds. The van der Waals surface area contributed by atoms with Crippen molar-refractivity contribution in [3.63, 3.8) is 0 Å². The SMILES string of the molecule is COc1ccccc1CC(C)CC(=O)Nc1ccn(CC(=O)O)n1. The van der Waals surface area contributed by atoms with E-state index in [0.29, 0.717) is 12.2 Å². The fourth-order valence-electron chi connectivity index (χ4n) is 2.48. The number of nitrogens with one attached hydrogen (secondary N) is 1. The maximum absolute atomic E-state index is 12.1. The molecule has 0 fully saturated rings. The van der Waals surface area contributed by atoms with Crippen LogP contribution in [0.3, 0.4) is 0 Å². The van der Waals surface area contributed by atoms with E-state index in [-0.39, 0.29) is 18.4 Å². The zero-order valence-corrected chi connectivity index (χ0v) is 13.7. The summed E-state index contributed by atoms with van der Waals surface area (Å²) in [5.74, 6) is 0.157. The van der Waals surface area contributed by atoms with E-state index in [1.807, 2.05) is 31.2 Å². The first-order valence-corrected chi connectivity index (χ1v) is 7.65. The fourth-order valence-corrected chi connectivity index (χ4v) is 2.48. The molecule has 0 aliphatic heterocycles. The molecule has 0 aliphatic rings. The van der Waals surface area contributed by atoms with Gasteiger partial charge in [0.05, 0.1) is 7.11 Å². The van der Waals surface area contributed by atoms with E-state index < -0.39 is 5.97 Å². The molecule has 2 N–H and O–H groups in total. The van der Waals surface area contributed by atoms with Crippen molar-refractivity contribution < 1.29 is 19.4 Å². The van der Waals surface area contributed by atoms with Gasteiger partial charge in [-0.2, -0.15) is 5.10 Å². The fraction of sp³-hybridized carbons (Fsp3) is 0.353. The van der Waals surface area contributed by atoms with E-state index in [1.165, 1.54) is 10.9 Å². The third-order valence-electron chi connectivity index (χ3n) is 3.50. The molecule has 7 heteroatoms. The summed E-state index contributed by atoms with van der Waals surface area (Å²) in [6.07, 6.45) is 2.58. The lowest BCUT2D eigenvalue weighted by atomic mass is 9.97. The quantitative estimate of drug-likeness (QED) is 0.773. The second kappa shape index (κ2) is 8.14. The third kappa shape index (κ3) is 5.12. The molecular formula is C17H21N3O4. The number of carbonyl (C=O) groups excluding carboxylic acids is 1. The molecule has 1 aromatic heterocycles. The van der Waals surface area contributed by atoms with Gasteiger partial charge in [0.2, 0.25) is 5.91 Å². The Hall–Kier alpha value is -2.83. The van der Waals surface area contributed by atoms with Crippen LogP contribution < -0.4 is 10.1 Å². The number of amides is 1. The van der Waals surface area contributed by atoms with E-state index >= 15 is 0 Å². The second-order valence-electron chi connectivity index (χ2n) is 5.67. The van der Waals surface area contributed by atoms with Crippen molar-refractivity contribution >= 4 is 17.7 Å². The molecule has 0 spiro atoms. The highest BCUT2D eigenvalue weighted by Crippen LogP contribution is 2.22. The van der Waals surface area contributed by atoms with Gasteiger partial charge < -0.3 is 15.2 Å². The van der Waals surface area contributed by atoms with Gasteiger partial charge in [-0.1, -0.05) is 25.1 Å². The number of aliphatic carboxylic acids is 1. The average molecular weight is 331 g/mol. The van der Waals surface area contributed by atoms with Crippen molar-refractivity contribution in [2.24, 2.45) is 5.92 Å². The Morgan fingerprint density at radius 3 is 2.79 bits per heavy atom. The minimum atomic E-state index is -0.985. The van der Waals surface area contributed by atoms with Gasteiger partial charge in [-0.15, -0.1) is 0 Å². The molecule has 0 saturated heterocycles. The number of para-hydroxylation sites is 1. The predicted molar refractivity (Wildman–Crippen MR) is 89.0 cm³/mol. The van der Waals surface area contributed by atoms with Crippen LogP contribution in [0, 0.1) is 5.92 Å². The number of nitrogens with zero attached hydrogens (tertiary/aromatic N) is 2. The number of carboxylic acids is 1. The molecule has 0 bridgehead atoms. The number of carboxylic acid groups (broad SMARTS) is 1. The number of aromatic nitrogens is 2. The summed E-state index contributed by atoms with van der Waals surface area (Å²) >= 11 is 0. The molecule has 1 heterocycles. The Bertz CT molecular complexity index is 711. The van der Waals surface area contributed by atoms with Gasteiger partial charge in [0.1, 0.15) is 12.3 Å². The van der Waals surface area contributed by atoms with Crippen LogP contribution in [0.5, 0.6) is 5.75 Å². The van der Waals surface area contributed by atoms with Gasteiger partial charge in [0.15, 0.2) is 5.82 Å². The minimum absolute atomic E-state index is 0.127. The molecule has 24 heavy (non-hydrogen) atoms. The summed E-state index contributed by atoms with van der Waals surface area (Å²) < 4.78 is 6.58. The van der Waals surface area contributed by atoms with E-state index in [2.05, 4.69) is 10.4 Å². The maximum Gasteiger partial charge on any atom is 0.325 e. The highest BCUT2D eigenvalue weighted by molar-refractivity contribution is 5.89. The highest BCUT2D eigenvalue weighted by Gasteiger charge is 2.13. The summed E-state index contributed by atoms with van der Waals surface area (Å²) in [6.45, 7) is 1.76.